The van der Waals surface area contributed by atoms with E-state index in [0.717, 1.165) is 10.8 Å². The summed E-state index contributed by atoms with van der Waals surface area (Å²) in [5.41, 5.74) is 2.29. The molecule has 0 saturated heterocycles. The average Bonchev–Trinajstić information content (AvgIpc) is 2.83. The van der Waals surface area contributed by atoms with Crippen molar-refractivity contribution in [2.45, 2.75) is 6.92 Å². The minimum absolute atomic E-state index is 1.04. The van der Waals surface area contributed by atoms with Crippen molar-refractivity contribution in [2.24, 2.45) is 0 Å². The molecule has 0 aliphatic carbocycles. The van der Waals surface area contributed by atoms with E-state index in [1.807, 2.05) is 6.92 Å². The summed E-state index contributed by atoms with van der Waals surface area (Å²) in [4.78, 5) is 4.48. The van der Waals surface area contributed by atoms with Crippen molar-refractivity contribution in [3.05, 3.63) is 47.6 Å². The number of para-hydroxylation sites is 1. The Bertz CT molecular complexity index is 607. The molecule has 2 heterocycles. The number of aryl methyl sites for hydroxylation is 1. The smallest absolute Gasteiger partial charge is 0.194 e. The Morgan fingerprint density at radius 2 is 2.07 bits per heavy atom. The van der Waals surface area contributed by atoms with Gasteiger partial charge >= 0.3 is 0 Å². The molecule has 0 aliphatic heterocycles. The number of aromatic nitrogens is 2. The van der Waals surface area contributed by atoms with Crippen molar-refractivity contribution in [3.63, 3.8) is 0 Å². The van der Waals surface area contributed by atoms with Gasteiger partial charge in [0, 0.05) is 17.0 Å². The van der Waals surface area contributed by atoms with Gasteiger partial charge in [-0.3, -0.25) is 4.57 Å². The van der Waals surface area contributed by atoms with Gasteiger partial charge in [0.2, 0.25) is 0 Å². The third-order valence-corrected chi connectivity index (χ3v) is 3.37. The number of fused-ring (bicyclic) bond motifs is 1. The molecule has 3 aromatic rings. The minimum atomic E-state index is 1.04. The summed E-state index contributed by atoms with van der Waals surface area (Å²) in [5.74, 6) is 0. The summed E-state index contributed by atoms with van der Waals surface area (Å²) in [6, 6.07) is 10.5. The molecule has 1 aromatic carbocycles. The topological polar surface area (TPSA) is 17.8 Å². The number of thiazole rings is 1. The van der Waals surface area contributed by atoms with E-state index in [4.69, 9.17) is 0 Å². The fourth-order valence-electron chi connectivity index (χ4n) is 1.70. The van der Waals surface area contributed by atoms with Gasteiger partial charge in [-0.05, 0) is 19.1 Å². The lowest BCUT2D eigenvalue weighted by Gasteiger charge is -1.99. The molecule has 0 fully saturated rings. The highest BCUT2D eigenvalue weighted by atomic mass is 32.1. The van der Waals surface area contributed by atoms with Gasteiger partial charge in [0.15, 0.2) is 5.13 Å². The molecule has 0 spiro atoms. The molecule has 0 bridgehead atoms. The van der Waals surface area contributed by atoms with Gasteiger partial charge in [-0.1, -0.05) is 18.2 Å². The first-order chi connectivity index (χ1) is 7.34. The average molecular weight is 214 g/mol. The molecule has 0 unspecified atom stereocenters. The lowest BCUT2D eigenvalue weighted by atomic mass is 10.2. The maximum Gasteiger partial charge on any atom is 0.194 e. The number of hydrogen-bond acceptors (Lipinski definition) is 2. The number of nitrogens with zero attached hydrogens (tertiary/aromatic N) is 2. The van der Waals surface area contributed by atoms with Crippen molar-refractivity contribution in [2.75, 3.05) is 0 Å². The maximum absolute atomic E-state index is 4.48. The Kier molecular flexibility index (Phi) is 1.86. The predicted octanol–water partition coefficient (Wildman–Crippen LogP) is 3.40. The highest BCUT2D eigenvalue weighted by Gasteiger charge is 2.04. The van der Waals surface area contributed by atoms with E-state index >= 15 is 0 Å². The Morgan fingerprint density at radius 1 is 1.20 bits per heavy atom. The lowest BCUT2D eigenvalue weighted by molar-refractivity contribution is 1.07. The summed E-state index contributed by atoms with van der Waals surface area (Å²) >= 11 is 1.67. The Balaban J connectivity index is 2.27. The number of hydrogen-bond donors (Lipinski definition) is 0. The van der Waals surface area contributed by atoms with E-state index in [0.29, 0.717) is 0 Å². The van der Waals surface area contributed by atoms with Gasteiger partial charge < -0.3 is 0 Å². The maximum atomic E-state index is 4.48. The largest absolute Gasteiger partial charge is 0.293 e. The third kappa shape index (κ3) is 1.36. The molecule has 0 saturated carbocycles. The summed E-state index contributed by atoms with van der Waals surface area (Å²) < 4.78 is 2.13. The third-order valence-electron chi connectivity index (χ3n) is 2.41. The van der Waals surface area contributed by atoms with Gasteiger partial charge in [-0.15, -0.1) is 11.3 Å². The van der Waals surface area contributed by atoms with Crippen LogP contribution in [-0.2, 0) is 0 Å². The van der Waals surface area contributed by atoms with Crippen LogP contribution in [-0.4, -0.2) is 9.55 Å². The SMILES string of the molecule is Cc1csc(-n2ccc3ccccc32)n1. The van der Waals surface area contributed by atoms with Crippen LogP contribution < -0.4 is 0 Å². The van der Waals surface area contributed by atoms with E-state index in [1.54, 1.807) is 11.3 Å². The highest BCUT2D eigenvalue weighted by Crippen LogP contribution is 2.22. The molecule has 3 rings (SSSR count). The standard InChI is InChI=1S/C12H10N2S/c1-9-8-15-12(13-9)14-7-6-10-4-2-3-5-11(10)14/h2-8H,1H3. The van der Waals surface area contributed by atoms with E-state index in [2.05, 4.69) is 51.5 Å². The molecular formula is C12H10N2S. The predicted molar refractivity (Wildman–Crippen MR) is 63.7 cm³/mol. The van der Waals surface area contributed by atoms with Crippen LogP contribution in [0, 0.1) is 6.92 Å². The van der Waals surface area contributed by atoms with Crippen LogP contribution in [0.3, 0.4) is 0 Å². The summed E-state index contributed by atoms with van der Waals surface area (Å²) in [6.45, 7) is 2.02. The second-order valence-corrected chi connectivity index (χ2v) is 4.35. The molecule has 0 radical (unpaired) electrons. The zero-order chi connectivity index (χ0) is 10.3. The second-order valence-electron chi connectivity index (χ2n) is 3.52. The van der Waals surface area contributed by atoms with Crippen molar-refractivity contribution in [1.82, 2.24) is 9.55 Å². The van der Waals surface area contributed by atoms with Gasteiger partial charge in [0.25, 0.3) is 0 Å². The molecule has 0 N–H and O–H groups in total. The molecule has 0 aliphatic rings. The summed E-state index contributed by atoms with van der Waals surface area (Å²) in [7, 11) is 0. The van der Waals surface area contributed by atoms with Gasteiger partial charge in [-0.25, -0.2) is 4.98 Å². The van der Waals surface area contributed by atoms with E-state index in [-0.39, 0.29) is 0 Å². The van der Waals surface area contributed by atoms with Crippen LogP contribution in [0.2, 0.25) is 0 Å². The molecule has 0 amide bonds. The highest BCUT2D eigenvalue weighted by molar-refractivity contribution is 7.12. The molecule has 2 aromatic heterocycles. The number of rotatable bonds is 1. The molecule has 15 heavy (non-hydrogen) atoms. The van der Waals surface area contributed by atoms with Crippen LogP contribution in [0.1, 0.15) is 5.69 Å². The van der Waals surface area contributed by atoms with Crippen molar-refractivity contribution < 1.29 is 0 Å². The molecule has 74 valence electrons. The fraction of sp³-hybridized carbons (Fsp3) is 0.0833. The Hall–Kier alpha value is -1.61. The Morgan fingerprint density at radius 3 is 2.87 bits per heavy atom. The first kappa shape index (κ1) is 8.68. The summed E-state index contributed by atoms with van der Waals surface area (Å²) in [5, 5.41) is 4.36. The fourth-order valence-corrected chi connectivity index (χ4v) is 2.50. The van der Waals surface area contributed by atoms with Gasteiger partial charge in [-0.2, -0.15) is 0 Å². The quantitative estimate of drug-likeness (QED) is 0.607. The molecular weight excluding hydrogens is 204 g/mol. The summed E-state index contributed by atoms with van der Waals surface area (Å²) in [6.07, 6.45) is 2.07. The lowest BCUT2D eigenvalue weighted by Crippen LogP contribution is -1.90. The normalized spacial score (nSPS) is 11.0. The van der Waals surface area contributed by atoms with Crippen molar-refractivity contribution in [3.8, 4) is 5.13 Å². The Labute approximate surface area is 91.8 Å². The van der Waals surface area contributed by atoms with Crippen LogP contribution in [0.15, 0.2) is 41.9 Å². The monoisotopic (exact) mass is 214 g/mol. The van der Waals surface area contributed by atoms with Gasteiger partial charge in [0.1, 0.15) is 0 Å². The second kappa shape index (κ2) is 3.21. The first-order valence-electron chi connectivity index (χ1n) is 4.83. The molecule has 0 atom stereocenters. The zero-order valence-electron chi connectivity index (χ0n) is 8.34. The first-order valence-corrected chi connectivity index (χ1v) is 5.71. The van der Waals surface area contributed by atoms with Crippen LogP contribution in [0.25, 0.3) is 16.0 Å². The number of benzene rings is 1. The van der Waals surface area contributed by atoms with E-state index in [9.17, 15) is 0 Å². The zero-order valence-corrected chi connectivity index (χ0v) is 9.16. The van der Waals surface area contributed by atoms with E-state index in [1.165, 1.54) is 10.9 Å². The van der Waals surface area contributed by atoms with Crippen LogP contribution in [0.5, 0.6) is 0 Å². The molecule has 2 nitrogen and oxygen atoms in total. The van der Waals surface area contributed by atoms with Crippen molar-refractivity contribution >= 4 is 22.2 Å². The molecule has 3 heteroatoms. The van der Waals surface area contributed by atoms with Crippen molar-refractivity contribution in [1.29, 1.82) is 0 Å². The van der Waals surface area contributed by atoms with Crippen LogP contribution in [0.4, 0.5) is 0 Å². The van der Waals surface area contributed by atoms with E-state index < -0.39 is 0 Å². The van der Waals surface area contributed by atoms with Crippen LogP contribution >= 0.6 is 11.3 Å². The minimum Gasteiger partial charge on any atom is -0.293 e. The van der Waals surface area contributed by atoms with Gasteiger partial charge in [0.05, 0.1) is 11.2 Å².